The Morgan fingerprint density at radius 3 is 2.38 bits per heavy atom. The van der Waals surface area contributed by atoms with Gasteiger partial charge in [-0.25, -0.2) is 0 Å². The second-order valence-electron chi connectivity index (χ2n) is 2.59. The molecule has 0 fully saturated rings. The number of rotatable bonds is 1. The zero-order valence-electron chi connectivity index (χ0n) is 8.45. The molecule has 0 aliphatic rings. The Kier molecular flexibility index (Phi) is 7.59. The summed E-state index contributed by atoms with van der Waals surface area (Å²) in [6.07, 6.45) is 0. The maximum absolute atomic E-state index is 9.00. The zero-order chi connectivity index (χ0) is 11.1. The summed E-state index contributed by atoms with van der Waals surface area (Å²) in [7, 11) is 0. The first kappa shape index (κ1) is 14.9. The van der Waals surface area contributed by atoms with Gasteiger partial charge in [0.05, 0.1) is 0 Å². The number of carboxylic acid groups (broad SMARTS) is 1. The Morgan fingerprint density at radius 2 is 1.94 bits per heavy atom. The second-order valence-corrected chi connectivity index (χ2v) is 3.14. The standard InChI is InChI=1S/C8H5N2S.C2H4O2.W/c1-2-4-7(5-3-1)8-9-6-11-10-8;1-2(3)4;/h1-5H;1H3,(H,3,4);/q-1;;. The third kappa shape index (κ3) is 5.73. The van der Waals surface area contributed by atoms with E-state index in [1.165, 1.54) is 11.5 Å². The molecule has 0 spiro atoms. The van der Waals surface area contributed by atoms with E-state index in [-0.39, 0.29) is 21.1 Å². The van der Waals surface area contributed by atoms with Crippen LogP contribution in [0.1, 0.15) is 6.92 Å². The number of aromatic nitrogens is 2. The van der Waals surface area contributed by atoms with Crippen molar-refractivity contribution in [3.05, 3.63) is 35.8 Å². The van der Waals surface area contributed by atoms with Crippen LogP contribution >= 0.6 is 11.5 Å². The molecule has 1 aromatic heterocycles. The van der Waals surface area contributed by atoms with Gasteiger partial charge in [-0.05, 0) is 0 Å². The molecule has 2 aromatic rings. The van der Waals surface area contributed by atoms with Crippen LogP contribution in [0.3, 0.4) is 0 Å². The fourth-order valence-electron chi connectivity index (χ4n) is 0.852. The van der Waals surface area contributed by atoms with Gasteiger partial charge in [0.15, 0.2) is 0 Å². The Hall–Kier alpha value is -1.06. The monoisotopic (exact) mass is 405 g/mol. The van der Waals surface area contributed by atoms with Gasteiger partial charge in [-0.1, -0.05) is 41.4 Å². The van der Waals surface area contributed by atoms with Gasteiger partial charge in [0.25, 0.3) is 5.97 Å². The predicted molar refractivity (Wildman–Crippen MR) is 57.5 cm³/mol. The fraction of sp³-hybridized carbons (Fsp3) is 0.100. The first-order valence-corrected chi connectivity index (χ1v) is 4.92. The molecule has 0 saturated heterocycles. The molecule has 0 aliphatic carbocycles. The van der Waals surface area contributed by atoms with E-state index in [4.69, 9.17) is 9.90 Å². The number of carboxylic acids is 1. The van der Waals surface area contributed by atoms with Crippen LogP contribution < -0.4 is 0 Å². The fourth-order valence-corrected chi connectivity index (χ4v) is 1.25. The molecule has 0 bridgehead atoms. The van der Waals surface area contributed by atoms with E-state index < -0.39 is 5.97 Å². The van der Waals surface area contributed by atoms with Crippen molar-refractivity contribution in [2.24, 2.45) is 0 Å². The Bertz CT molecular complexity index is 402. The smallest absolute Gasteiger partial charge is 0.300 e. The second kappa shape index (κ2) is 8.13. The number of hydrogen-bond acceptors (Lipinski definition) is 4. The third-order valence-corrected chi connectivity index (χ3v) is 1.79. The molecule has 0 aliphatic heterocycles. The summed E-state index contributed by atoms with van der Waals surface area (Å²) >= 11 is 1.25. The molecule has 84 valence electrons. The van der Waals surface area contributed by atoms with E-state index in [9.17, 15) is 0 Å². The minimum atomic E-state index is -0.833. The maximum Gasteiger partial charge on any atom is 0.300 e. The third-order valence-electron chi connectivity index (χ3n) is 1.36. The Balaban J connectivity index is 0.000000397. The predicted octanol–water partition coefficient (Wildman–Crippen LogP) is 2.09. The maximum atomic E-state index is 9.00. The van der Waals surface area contributed by atoms with E-state index >= 15 is 0 Å². The normalized spacial score (nSPS) is 8.31. The molecule has 0 unspecified atom stereocenters. The molecule has 1 aromatic carbocycles. The van der Waals surface area contributed by atoms with Crippen LogP contribution in [0, 0.1) is 5.51 Å². The summed E-state index contributed by atoms with van der Waals surface area (Å²) in [6, 6.07) is 9.87. The van der Waals surface area contributed by atoms with Gasteiger partial charge in [-0.2, -0.15) is 11.5 Å². The average Bonchev–Trinajstić information content (AvgIpc) is 2.71. The summed E-state index contributed by atoms with van der Waals surface area (Å²) in [5, 5.41) is 7.42. The van der Waals surface area contributed by atoms with Gasteiger partial charge in [0.1, 0.15) is 0 Å². The summed E-state index contributed by atoms with van der Waals surface area (Å²) in [6.45, 7) is 1.08. The minimum absolute atomic E-state index is 0. The van der Waals surface area contributed by atoms with Crippen LogP contribution in [0.15, 0.2) is 30.3 Å². The number of aliphatic carboxylic acids is 1. The minimum Gasteiger partial charge on any atom is -0.481 e. The molecule has 0 atom stereocenters. The summed E-state index contributed by atoms with van der Waals surface area (Å²) in [5.41, 5.74) is 3.76. The first-order chi connectivity index (χ1) is 7.20. The van der Waals surface area contributed by atoms with Crippen molar-refractivity contribution in [1.29, 1.82) is 0 Å². The van der Waals surface area contributed by atoms with Gasteiger partial charge in [-0.15, -0.1) is 0 Å². The van der Waals surface area contributed by atoms with Crippen molar-refractivity contribution in [2.45, 2.75) is 6.92 Å². The van der Waals surface area contributed by atoms with Crippen molar-refractivity contribution in [3.8, 4) is 11.4 Å². The molecular formula is C10H9N2O2SW-. The Morgan fingerprint density at radius 1 is 1.38 bits per heavy atom. The van der Waals surface area contributed by atoms with E-state index in [1.54, 1.807) is 0 Å². The number of hydrogen-bond donors (Lipinski definition) is 1. The quantitative estimate of drug-likeness (QED) is 0.739. The van der Waals surface area contributed by atoms with Gasteiger partial charge in [-0.3, -0.25) is 9.17 Å². The van der Waals surface area contributed by atoms with Gasteiger partial charge < -0.3 is 10.1 Å². The molecule has 0 saturated carbocycles. The summed E-state index contributed by atoms with van der Waals surface area (Å²) < 4.78 is 4.06. The molecular weight excluding hydrogens is 396 g/mol. The Labute approximate surface area is 112 Å². The SMILES string of the molecule is CC(=O)O.[W].[c-]1nc(-c2ccccc2)ns1. The molecule has 0 amide bonds. The first-order valence-electron chi connectivity index (χ1n) is 4.15. The van der Waals surface area contributed by atoms with E-state index in [0.29, 0.717) is 0 Å². The van der Waals surface area contributed by atoms with Crippen molar-refractivity contribution in [2.75, 3.05) is 0 Å². The van der Waals surface area contributed by atoms with Crippen molar-refractivity contribution < 1.29 is 31.0 Å². The van der Waals surface area contributed by atoms with Crippen LogP contribution in [0.5, 0.6) is 0 Å². The van der Waals surface area contributed by atoms with Gasteiger partial charge in [0, 0.05) is 33.8 Å². The molecule has 16 heavy (non-hydrogen) atoms. The van der Waals surface area contributed by atoms with Crippen molar-refractivity contribution in [3.63, 3.8) is 0 Å². The van der Waals surface area contributed by atoms with Gasteiger partial charge in [0.2, 0.25) is 0 Å². The van der Waals surface area contributed by atoms with Crippen LogP contribution in [0.25, 0.3) is 11.4 Å². The molecule has 6 heteroatoms. The number of carbonyl (C=O) groups is 1. The van der Waals surface area contributed by atoms with Crippen LogP contribution in [0.4, 0.5) is 0 Å². The van der Waals surface area contributed by atoms with E-state index in [1.807, 2.05) is 30.3 Å². The molecule has 0 radical (unpaired) electrons. The summed E-state index contributed by atoms with van der Waals surface area (Å²) in [4.78, 5) is 13.0. The van der Waals surface area contributed by atoms with E-state index in [0.717, 1.165) is 18.3 Å². The zero-order valence-corrected chi connectivity index (χ0v) is 12.2. The summed E-state index contributed by atoms with van der Waals surface area (Å²) in [5.74, 6) is -0.0735. The van der Waals surface area contributed by atoms with Crippen molar-refractivity contribution >= 4 is 17.5 Å². The van der Waals surface area contributed by atoms with E-state index in [2.05, 4.69) is 14.9 Å². The molecule has 4 nitrogen and oxygen atoms in total. The molecule has 1 heterocycles. The molecule has 2 rings (SSSR count). The van der Waals surface area contributed by atoms with Crippen LogP contribution in [0.2, 0.25) is 0 Å². The molecule has 1 N–H and O–H groups in total. The van der Waals surface area contributed by atoms with Crippen LogP contribution in [-0.2, 0) is 25.9 Å². The number of benzene rings is 1. The number of nitrogens with zero attached hydrogens (tertiary/aromatic N) is 2. The van der Waals surface area contributed by atoms with Gasteiger partial charge >= 0.3 is 0 Å². The van der Waals surface area contributed by atoms with Crippen molar-refractivity contribution in [1.82, 2.24) is 9.36 Å². The largest absolute Gasteiger partial charge is 0.481 e. The average molecular weight is 405 g/mol. The van der Waals surface area contributed by atoms with Crippen LogP contribution in [-0.4, -0.2) is 20.4 Å². The topological polar surface area (TPSA) is 63.1 Å².